The smallest absolute Gasteiger partial charge is 0.261 e. The molecular weight excluding hydrogens is 205 g/mol. The van der Waals surface area contributed by atoms with Crippen LogP contribution in [0.1, 0.15) is 19.3 Å². The van der Waals surface area contributed by atoms with E-state index in [1.807, 2.05) is 24.3 Å². The van der Waals surface area contributed by atoms with E-state index in [1.165, 1.54) is 4.90 Å². The van der Waals surface area contributed by atoms with Crippen LogP contribution >= 0.6 is 0 Å². The Bertz CT molecular complexity index is 400. The van der Waals surface area contributed by atoms with Crippen LogP contribution in [0, 0.1) is 10.8 Å². The first kappa shape index (κ1) is 10.1. The molecule has 0 aromatic heterocycles. The third kappa shape index (κ3) is 0.702. The fourth-order valence-corrected chi connectivity index (χ4v) is 3.96. The van der Waals surface area contributed by atoms with Gasteiger partial charge in [0, 0.05) is 24.9 Å². The monoisotopic (exact) mass is 221 g/mol. The van der Waals surface area contributed by atoms with E-state index >= 15 is 4.39 Å². The quantitative estimate of drug-likeness (QED) is 0.664. The number of carbonyl (C=O) groups is 1. The topological polar surface area (TPSA) is 20.3 Å². The molecule has 0 bridgehead atoms. The van der Waals surface area contributed by atoms with Crippen molar-refractivity contribution in [2.24, 2.45) is 10.8 Å². The molecule has 0 aromatic rings. The standard InChI is InChI=1S/C13H16FNO/c1-15(2)10(16)13(14)11-6-3-4-7-12(11,13)9-5-8-11/h3-4,6-7H,5,8-9H2,1-2H3/t11-,12+,13?. The van der Waals surface area contributed by atoms with Crippen molar-refractivity contribution < 1.29 is 9.18 Å². The number of hydrogen-bond acceptors (Lipinski definition) is 1. The summed E-state index contributed by atoms with van der Waals surface area (Å²) in [7, 11) is 3.26. The van der Waals surface area contributed by atoms with E-state index in [0.717, 1.165) is 19.3 Å². The summed E-state index contributed by atoms with van der Waals surface area (Å²) in [6.45, 7) is 0. The fraction of sp³-hybridized carbons (Fsp3) is 0.615. The Kier molecular flexibility index (Phi) is 1.62. The number of carbonyl (C=O) groups excluding carboxylic acids is 1. The Morgan fingerprint density at radius 3 is 2.12 bits per heavy atom. The van der Waals surface area contributed by atoms with Gasteiger partial charge >= 0.3 is 0 Å². The van der Waals surface area contributed by atoms with E-state index in [2.05, 4.69) is 0 Å². The highest BCUT2D eigenvalue weighted by Gasteiger charge is 2.91. The Hall–Kier alpha value is -1.12. The average Bonchev–Trinajstić information content (AvgIpc) is 2.60. The molecule has 16 heavy (non-hydrogen) atoms. The van der Waals surface area contributed by atoms with Crippen LogP contribution < -0.4 is 0 Å². The zero-order valence-electron chi connectivity index (χ0n) is 9.66. The van der Waals surface area contributed by atoms with Gasteiger partial charge in [-0.05, 0) is 12.8 Å². The predicted molar refractivity (Wildman–Crippen MR) is 59.5 cm³/mol. The summed E-state index contributed by atoms with van der Waals surface area (Å²) in [5, 5.41) is 0. The van der Waals surface area contributed by atoms with Crippen molar-refractivity contribution in [2.75, 3.05) is 14.1 Å². The second kappa shape index (κ2) is 2.58. The molecule has 1 unspecified atom stereocenters. The van der Waals surface area contributed by atoms with Crippen molar-refractivity contribution in [1.82, 2.24) is 4.90 Å². The van der Waals surface area contributed by atoms with Crippen molar-refractivity contribution in [3.05, 3.63) is 24.3 Å². The molecule has 3 heteroatoms. The van der Waals surface area contributed by atoms with E-state index in [4.69, 9.17) is 0 Å². The Morgan fingerprint density at radius 1 is 1.19 bits per heavy atom. The Balaban J connectivity index is 2.10. The lowest BCUT2D eigenvalue weighted by Crippen LogP contribution is -2.38. The van der Waals surface area contributed by atoms with Crippen LogP contribution in [-0.4, -0.2) is 30.6 Å². The predicted octanol–water partition coefficient (Wildman–Crippen LogP) is 2.08. The lowest BCUT2D eigenvalue weighted by Gasteiger charge is -2.20. The van der Waals surface area contributed by atoms with Crippen molar-refractivity contribution in [2.45, 2.75) is 24.9 Å². The molecule has 0 radical (unpaired) electrons. The molecule has 0 N–H and O–H groups in total. The summed E-state index contributed by atoms with van der Waals surface area (Å²) in [6, 6.07) is 0. The molecule has 0 saturated heterocycles. The lowest BCUT2D eigenvalue weighted by atomic mass is 9.92. The normalized spacial score (nSPS) is 47.4. The second-order valence-electron chi connectivity index (χ2n) is 5.37. The first-order valence-electron chi connectivity index (χ1n) is 5.80. The van der Waals surface area contributed by atoms with Gasteiger partial charge in [-0.15, -0.1) is 0 Å². The van der Waals surface area contributed by atoms with Crippen LogP contribution in [0.4, 0.5) is 4.39 Å². The number of hydrogen-bond donors (Lipinski definition) is 0. The molecule has 3 aliphatic carbocycles. The molecule has 2 fully saturated rings. The maximum atomic E-state index is 15.1. The highest BCUT2D eigenvalue weighted by Crippen LogP contribution is 2.84. The number of alkyl halides is 1. The SMILES string of the molecule is CN(C)C(=O)C1(F)[C@@]23C=CC=C[C@@]12CCC3. The molecular formula is C13H16FNO. The van der Waals surface area contributed by atoms with Gasteiger partial charge in [-0.1, -0.05) is 30.7 Å². The van der Waals surface area contributed by atoms with Crippen LogP contribution in [0.3, 0.4) is 0 Å². The summed E-state index contributed by atoms with van der Waals surface area (Å²) >= 11 is 0. The fourth-order valence-electron chi connectivity index (χ4n) is 3.96. The Morgan fingerprint density at radius 2 is 1.69 bits per heavy atom. The van der Waals surface area contributed by atoms with Gasteiger partial charge in [-0.2, -0.15) is 0 Å². The number of allylic oxidation sites excluding steroid dienone is 4. The molecule has 3 aliphatic rings. The molecule has 86 valence electrons. The minimum absolute atomic E-state index is 0.372. The number of halogens is 1. The number of nitrogens with zero attached hydrogens (tertiary/aromatic N) is 1. The van der Waals surface area contributed by atoms with E-state index in [0.29, 0.717) is 0 Å². The number of amides is 1. The van der Waals surface area contributed by atoms with Gasteiger partial charge in [0.2, 0.25) is 5.67 Å². The first-order valence-corrected chi connectivity index (χ1v) is 5.80. The van der Waals surface area contributed by atoms with E-state index in [9.17, 15) is 4.79 Å². The van der Waals surface area contributed by atoms with Crippen molar-refractivity contribution in [1.29, 1.82) is 0 Å². The van der Waals surface area contributed by atoms with Gasteiger partial charge in [0.15, 0.2) is 0 Å². The summed E-state index contributed by atoms with van der Waals surface area (Å²) in [5.41, 5.74) is -2.75. The van der Waals surface area contributed by atoms with E-state index in [1.54, 1.807) is 14.1 Å². The summed E-state index contributed by atoms with van der Waals surface area (Å²) in [5.74, 6) is -0.372. The lowest BCUT2D eigenvalue weighted by molar-refractivity contribution is -0.138. The van der Waals surface area contributed by atoms with Crippen LogP contribution in [0.15, 0.2) is 24.3 Å². The molecule has 3 atom stereocenters. The van der Waals surface area contributed by atoms with Crippen molar-refractivity contribution in [3.63, 3.8) is 0 Å². The highest BCUT2D eigenvalue weighted by molar-refractivity contribution is 5.94. The molecule has 0 spiro atoms. The molecule has 0 aromatic carbocycles. The van der Waals surface area contributed by atoms with E-state index in [-0.39, 0.29) is 5.91 Å². The average molecular weight is 221 g/mol. The van der Waals surface area contributed by atoms with Gasteiger partial charge in [-0.3, -0.25) is 4.79 Å². The van der Waals surface area contributed by atoms with Gasteiger partial charge in [0.1, 0.15) is 0 Å². The molecule has 0 aliphatic heterocycles. The van der Waals surface area contributed by atoms with Crippen LogP contribution in [0.5, 0.6) is 0 Å². The van der Waals surface area contributed by atoms with Crippen LogP contribution in [-0.2, 0) is 4.79 Å². The zero-order chi connectivity index (χ0) is 11.6. The van der Waals surface area contributed by atoms with Crippen LogP contribution in [0.25, 0.3) is 0 Å². The summed E-state index contributed by atoms with van der Waals surface area (Å²) in [6.07, 6.45) is 10.2. The highest BCUT2D eigenvalue weighted by atomic mass is 19.1. The van der Waals surface area contributed by atoms with Crippen molar-refractivity contribution in [3.8, 4) is 0 Å². The molecule has 3 rings (SSSR count). The largest absolute Gasteiger partial charge is 0.346 e. The minimum atomic E-state index is -1.69. The maximum absolute atomic E-state index is 15.1. The second-order valence-corrected chi connectivity index (χ2v) is 5.37. The molecule has 1 amide bonds. The van der Waals surface area contributed by atoms with Crippen LogP contribution in [0.2, 0.25) is 0 Å². The summed E-state index contributed by atoms with van der Waals surface area (Å²) < 4.78 is 15.1. The molecule has 0 heterocycles. The van der Waals surface area contributed by atoms with E-state index < -0.39 is 16.5 Å². The summed E-state index contributed by atoms with van der Waals surface area (Å²) in [4.78, 5) is 13.5. The van der Waals surface area contributed by atoms with Gasteiger partial charge in [0.25, 0.3) is 5.91 Å². The van der Waals surface area contributed by atoms with Gasteiger partial charge in [0.05, 0.1) is 0 Å². The minimum Gasteiger partial charge on any atom is -0.346 e. The first-order chi connectivity index (χ1) is 7.52. The third-order valence-electron chi connectivity index (χ3n) is 4.68. The third-order valence-corrected chi connectivity index (χ3v) is 4.68. The molecule has 2 saturated carbocycles. The maximum Gasteiger partial charge on any atom is 0.261 e. The van der Waals surface area contributed by atoms with Gasteiger partial charge < -0.3 is 4.90 Å². The molecule has 2 nitrogen and oxygen atoms in total. The Labute approximate surface area is 94.8 Å². The number of rotatable bonds is 1. The van der Waals surface area contributed by atoms with Gasteiger partial charge in [-0.25, -0.2) is 4.39 Å². The van der Waals surface area contributed by atoms with Crippen molar-refractivity contribution >= 4 is 5.91 Å². The zero-order valence-corrected chi connectivity index (χ0v) is 9.66.